The van der Waals surface area contributed by atoms with Gasteiger partial charge in [0.25, 0.3) is 0 Å². The van der Waals surface area contributed by atoms with E-state index in [4.69, 9.17) is 10.5 Å². The van der Waals surface area contributed by atoms with Crippen LogP contribution in [0, 0.1) is 0 Å². The topological polar surface area (TPSA) is 82.2 Å². The molecule has 1 atom stereocenters. The SMILES string of the molecule is CC(C)OCc1ccc(NC(=O)[C@@H](N)Cc2cn(Cc3ccccc3)cn2)cc1. The van der Waals surface area contributed by atoms with Crippen molar-refractivity contribution >= 4 is 11.6 Å². The second-order valence-corrected chi connectivity index (χ2v) is 7.38. The Morgan fingerprint density at radius 1 is 1.10 bits per heavy atom. The third-order valence-corrected chi connectivity index (χ3v) is 4.47. The van der Waals surface area contributed by atoms with Crippen LogP contribution in [0.3, 0.4) is 0 Å². The molecule has 0 spiro atoms. The molecule has 3 N–H and O–H groups in total. The minimum absolute atomic E-state index is 0.184. The zero-order valence-corrected chi connectivity index (χ0v) is 16.9. The summed E-state index contributed by atoms with van der Waals surface area (Å²) in [6.45, 7) is 5.29. The lowest BCUT2D eigenvalue weighted by Crippen LogP contribution is -2.37. The molecule has 1 amide bonds. The van der Waals surface area contributed by atoms with Crippen LogP contribution < -0.4 is 11.1 Å². The second kappa shape index (κ2) is 10.0. The molecule has 1 aromatic heterocycles. The largest absolute Gasteiger partial charge is 0.374 e. The number of ether oxygens (including phenoxy) is 1. The highest BCUT2D eigenvalue weighted by Gasteiger charge is 2.16. The van der Waals surface area contributed by atoms with E-state index < -0.39 is 6.04 Å². The van der Waals surface area contributed by atoms with E-state index in [0.717, 1.165) is 17.8 Å². The molecule has 0 aliphatic heterocycles. The predicted molar refractivity (Wildman–Crippen MR) is 114 cm³/mol. The molecule has 3 aromatic rings. The molecule has 0 aliphatic carbocycles. The summed E-state index contributed by atoms with van der Waals surface area (Å²) >= 11 is 0. The fourth-order valence-electron chi connectivity index (χ4n) is 2.89. The quantitative estimate of drug-likeness (QED) is 0.585. The average Bonchev–Trinajstić information content (AvgIpc) is 3.14. The monoisotopic (exact) mass is 392 g/mol. The third kappa shape index (κ3) is 6.55. The molecule has 0 saturated carbocycles. The first kappa shape index (κ1) is 20.8. The van der Waals surface area contributed by atoms with Gasteiger partial charge in [0.15, 0.2) is 0 Å². The summed E-state index contributed by atoms with van der Waals surface area (Å²) in [6.07, 6.45) is 4.27. The van der Waals surface area contributed by atoms with Crippen LogP contribution >= 0.6 is 0 Å². The van der Waals surface area contributed by atoms with Crippen molar-refractivity contribution in [1.29, 1.82) is 0 Å². The summed E-state index contributed by atoms with van der Waals surface area (Å²) in [5.74, 6) is -0.228. The van der Waals surface area contributed by atoms with Crippen molar-refractivity contribution in [3.05, 3.63) is 83.9 Å². The molecule has 2 aromatic carbocycles. The number of carbonyl (C=O) groups is 1. The Bertz CT molecular complexity index is 904. The zero-order valence-electron chi connectivity index (χ0n) is 16.9. The van der Waals surface area contributed by atoms with Crippen molar-refractivity contribution in [2.45, 2.75) is 45.6 Å². The molecular weight excluding hydrogens is 364 g/mol. The molecule has 0 aliphatic rings. The highest BCUT2D eigenvalue weighted by atomic mass is 16.5. The van der Waals surface area contributed by atoms with Crippen LogP contribution in [0.25, 0.3) is 0 Å². The molecule has 0 saturated heterocycles. The lowest BCUT2D eigenvalue weighted by atomic mass is 10.1. The van der Waals surface area contributed by atoms with E-state index in [1.165, 1.54) is 5.56 Å². The molecule has 6 heteroatoms. The number of carbonyl (C=O) groups excluding carboxylic acids is 1. The Labute approximate surface area is 171 Å². The van der Waals surface area contributed by atoms with Gasteiger partial charge in [-0.05, 0) is 37.1 Å². The van der Waals surface area contributed by atoms with Crippen molar-refractivity contribution in [2.24, 2.45) is 5.73 Å². The number of benzene rings is 2. The van der Waals surface area contributed by atoms with E-state index in [1.54, 1.807) is 6.33 Å². The van der Waals surface area contributed by atoms with Crippen LogP contribution in [0.1, 0.15) is 30.7 Å². The van der Waals surface area contributed by atoms with E-state index in [2.05, 4.69) is 22.4 Å². The van der Waals surface area contributed by atoms with Crippen molar-refractivity contribution in [2.75, 3.05) is 5.32 Å². The van der Waals surface area contributed by atoms with Crippen LogP contribution in [0.5, 0.6) is 0 Å². The predicted octanol–water partition coefficient (Wildman–Crippen LogP) is 3.36. The molecule has 3 rings (SSSR count). The summed E-state index contributed by atoms with van der Waals surface area (Å²) < 4.78 is 7.57. The highest BCUT2D eigenvalue weighted by molar-refractivity contribution is 5.94. The van der Waals surface area contributed by atoms with E-state index >= 15 is 0 Å². The Morgan fingerprint density at radius 3 is 2.52 bits per heavy atom. The number of aromatic nitrogens is 2. The number of hydrogen-bond acceptors (Lipinski definition) is 4. The first-order valence-corrected chi connectivity index (χ1v) is 9.81. The maximum Gasteiger partial charge on any atom is 0.241 e. The standard InChI is InChI=1S/C23H28N4O2/c1-17(2)29-15-19-8-10-20(11-9-19)26-23(28)22(24)12-21-14-27(16-25-21)13-18-6-4-3-5-7-18/h3-11,14,16-17,22H,12-13,15,24H2,1-2H3,(H,26,28)/t22-/m0/s1. The molecule has 6 nitrogen and oxygen atoms in total. The van der Waals surface area contributed by atoms with Gasteiger partial charge in [-0.25, -0.2) is 4.98 Å². The first-order valence-electron chi connectivity index (χ1n) is 9.81. The number of nitrogens with two attached hydrogens (primary N) is 1. The van der Waals surface area contributed by atoms with E-state index in [1.807, 2.05) is 67.1 Å². The Hall–Kier alpha value is -2.96. The van der Waals surface area contributed by atoms with Crippen LogP contribution in [-0.4, -0.2) is 27.6 Å². The third-order valence-electron chi connectivity index (χ3n) is 4.47. The fraction of sp³-hybridized carbons (Fsp3) is 0.304. The van der Waals surface area contributed by atoms with Crippen molar-refractivity contribution in [3.8, 4) is 0 Å². The molecule has 1 heterocycles. The number of hydrogen-bond donors (Lipinski definition) is 2. The summed E-state index contributed by atoms with van der Waals surface area (Å²) in [7, 11) is 0. The number of anilines is 1. The van der Waals surface area contributed by atoms with Crippen LogP contribution in [0.2, 0.25) is 0 Å². The Morgan fingerprint density at radius 2 is 1.83 bits per heavy atom. The van der Waals surface area contributed by atoms with Crippen LogP contribution in [0.4, 0.5) is 5.69 Å². The van der Waals surface area contributed by atoms with Gasteiger partial charge in [0.1, 0.15) is 0 Å². The van der Waals surface area contributed by atoms with E-state index in [0.29, 0.717) is 18.7 Å². The first-order chi connectivity index (χ1) is 14.0. The van der Waals surface area contributed by atoms with Crippen LogP contribution in [0.15, 0.2) is 67.1 Å². The van der Waals surface area contributed by atoms with Crippen molar-refractivity contribution < 1.29 is 9.53 Å². The molecule has 152 valence electrons. The highest BCUT2D eigenvalue weighted by Crippen LogP contribution is 2.12. The Balaban J connectivity index is 1.50. The maximum atomic E-state index is 12.4. The molecular formula is C23H28N4O2. The summed E-state index contributed by atoms with van der Waals surface area (Å²) in [4.78, 5) is 16.8. The number of imidazole rings is 1. The molecule has 0 radical (unpaired) electrons. The van der Waals surface area contributed by atoms with Crippen LogP contribution in [-0.2, 0) is 29.1 Å². The molecule has 0 fully saturated rings. The second-order valence-electron chi connectivity index (χ2n) is 7.38. The number of nitrogens with zero attached hydrogens (tertiary/aromatic N) is 2. The van der Waals surface area contributed by atoms with Gasteiger partial charge in [-0.15, -0.1) is 0 Å². The lowest BCUT2D eigenvalue weighted by Gasteiger charge is -2.12. The lowest BCUT2D eigenvalue weighted by molar-refractivity contribution is -0.117. The fourth-order valence-corrected chi connectivity index (χ4v) is 2.89. The Kier molecular flexibility index (Phi) is 7.16. The van der Waals surface area contributed by atoms with E-state index in [-0.39, 0.29) is 12.0 Å². The zero-order chi connectivity index (χ0) is 20.6. The van der Waals surface area contributed by atoms with E-state index in [9.17, 15) is 4.79 Å². The summed E-state index contributed by atoms with van der Waals surface area (Å²) in [5, 5.41) is 2.86. The molecule has 0 bridgehead atoms. The van der Waals surface area contributed by atoms with Gasteiger partial charge in [0.05, 0.1) is 30.8 Å². The van der Waals surface area contributed by atoms with Gasteiger partial charge in [0, 0.05) is 24.8 Å². The normalized spacial score (nSPS) is 12.1. The number of nitrogens with one attached hydrogen (secondary N) is 1. The summed E-state index contributed by atoms with van der Waals surface area (Å²) in [6, 6.07) is 17.1. The van der Waals surface area contributed by atoms with Gasteiger partial charge >= 0.3 is 0 Å². The minimum Gasteiger partial charge on any atom is -0.374 e. The van der Waals surface area contributed by atoms with Gasteiger partial charge in [-0.2, -0.15) is 0 Å². The summed E-state index contributed by atoms with van der Waals surface area (Å²) in [5.41, 5.74) is 9.86. The molecule has 0 unspecified atom stereocenters. The number of rotatable bonds is 9. The van der Waals surface area contributed by atoms with Gasteiger partial charge in [-0.3, -0.25) is 4.79 Å². The smallest absolute Gasteiger partial charge is 0.241 e. The van der Waals surface area contributed by atoms with Gasteiger partial charge in [0.2, 0.25) is 5.91 Å². The van der Waals surface area contributed by atoms with Gasteiger partial charge < -0.3 is 20.4 Å². The van der Waals surface area contributed by atoms with Crippen molar-refractivity contribution in [1.82, 2.24) is 9.55 Å². The minimum atomic E-state index is -0.668. The number of amides is 1. The maximum absolute atomic E-state index is 12.4. The average molecular weight is 393 g/mol. The van der Waals surface area contributed by atoms with Crippen molar-refractivity contribution in [3.63, 3.8) is 0 Å². The van der Waals surface area contributed by atoms with Gasteiger partial charge in [-0.1, -0.05) is 42.5 Å². The molecule has 29 heavy (non-hydrogen) atoms.